The van der Waals surface area contributed by atoms with Crippen LogP contribution in [0.2, 0.25) is 0 Å². The maximum absolute atomic E-state index is 12.1. The number of carbonyl (C=O) groups is 2. The third-order valence-electron chi connectivity index (χ3n) is 4.09. The molecule has 0 saturated carbocycles. The average Bonchev–Trinajstić information content (AvgIpc) is 2.66. The van der Waals surface area contributed by atoms with E-state index in [0.717, 1.165) is 11.1 Å². The van der Waals surface area contributed by atoms with Crippen LogP contribution >= 0.6 is 12.4 Å². The van der Waals surface area contributed by atoms with Crippen molar-refractivity contribution < 1.29 is 19.1 Å². The van der Waals surface area contributed by atoms with E-state index >= 15 is 0 Å². The molecule has 1 atom stereocenters. The van der Waals surface area contributed by atoms with E-state index in [-0.39, 0.29) is 24.4 Å². The second-order valence-corrected chi connectivity index (χ2v) is 6.47. The van der Waals surface area contributed by atoms with Crippen molar-refractivity contribution in [2.24, 2.45) is 0 Å². The molecular formula is C21H27ClN2O4. The van der Waals surface area contributed by atoms with Gasteiger partial charge in [0.05, 0.1) is 12.2 Å². The van der Waals surface area contributed by atoms with Gasteiger partial charge in [0.15, 0.2) is 0 Å². The summed E-state index contributed by atoms with van der Waals surface area (Å²) in [7, 11) is 5.12. The highest BCUT2D eigenvalue weighted by Crippen LogP contribution is 2.21. The molecule has 1 N–H and O–H groups in total. The molecule has 6 nitrogen and oxygen atoms in total. The minimum atomic E-state index is -0.420. The van der Waals surface area contributed by atoms with Crippen LogP contribution < -0.4 is 10.1 Å². The van der Waals surface area contributed by atoms with Crippen LogP contribution in [0.3, 0.4) is 0 Å². The Bertz CT molecular complexity index is 778. The summed E-state index contributed by atoms with van der Waals surface area (Å²) in [6.07, 6.45) is 0.209. The molecule has 152 valence electrons. The third kappa shape index (κ3) is 6.87. The van der Waals surface area contributed by atoms with Gasteiger partial charge in [-0.2, -0.15) is 0 Å². The second-order valence-electron chi connectivity index (χ2n) is 6.47. The molecule has 0 fully saturated rings. The van der Waals surface area contributed by atoms with Crippen molar-refractivity contribution in [2.45, 2.75) is 19.4 Å². The largest absolute Gasteiger partial charge is 0.462 e. The van der Waals surface area contributed by atoms with E-state index in [4.69, 9.17) is 9.47 Å². The molecule has 0 radical (unpaired) electrons. The first-order valence-corrected chi connectivity index (χ1v) is 8.81. The Hall–Kier alpha value is -2.57. The molecule has 0 heterocycles. The molecule has 28 heavy (non-hydrogen) atoms. The second kappa shape index (κ2) is 11.3. The summed E-state index contributed by atoms with van der Waals surface area (Å²) in [6, 6.07) is 14.6. The highest BCUT2D eigenvalue weighted by Gasteiger charge is 2.13. The summed E-state index contributed by atoms with van der Waals surface area (Å²) in [6.45, 7) is 2.24. The van der Waals surface area contributed by atoms with Gasteiger partial charge in [0.25, 0.3) is 0 Å². The topological polar surface area (TPSA) is 67.9 Å². The van der Waals surface area contributed by atoms with Crippen molar-refractivity contribution in [3.8, 4) is 5.75 Å². The average molecular weight is 407 g/mol. The van der Waals surface area contributed by atoms with Crippen LogP contribution in [0.25, 0.3) is 0 Å². The van der Waals surface area contributed by atoms with E-state index in [0.29, 0.717) is 24.3 Å². The summed E-state index contributed by atoms with van der Waals surface area (Å²) < 4.78 is 10.6. The predicted molar refractivity (Wildman–Crippen MR) is 111 cm³/mol. The molecule has 0 aromatic heterocycles. The smallest absolute Gasteiger partial charge is 0.414 e. The summed E-state index contributed by atoms with van der Waals surface area (Å²) in [5, 5.41) is 3.21. The number of hydrogen-bond donors (Lipinski definition) is 1. The number of ether oxygens (including phenoxy) is 2. The number of halogens is 1. The van der Waals surface area contributed by atoms with E-state index in [9.17, 15) is 9.59 Å². The Balaban J connectivity index is 0.00000392. The molecule has 2 rings (SSSR count). The minimum absolute atomic E-state index is 0. The minimum Gasteiger partial charge on any atom is -0.462 e. The van der Waals surface area contributed by atoms with Gasteiger partial charge in [-0.05, 0) is 43.8 Å². The van der Waals surface area contributed by atoms with Crippen LogP contribution in [-0.4, -0.2) is 44.7 Å². The van der Waals surface area contributed by atoms with Gasteiger partial charge in [0, 0.05) is 26.6 Å². The monoisotopic (exact) mass is 406 g/mol. The van der Waals surface area contributed by atoms with Gasteiger partial charge in [-0.15, -0.1) is 12.4 Å². The van der Waals surface area contributed by atoms with E-state index in [1.807, 2.05) is 44.3 Å². The summed E-state index contributed by atoms with van der Waals surface area (Å²) in [5.41, 5.74) is 2.60. The zero-order valence-electron chi connectivity index (χ0n) is 16.6. The Morgan fingerprint density at radius 2 is 1.79 bits per heavy atom. The summed E-state index contributed by atoms with van der Waals surface area (Å²) in [5.74, 6) is 0.165. The van der Waals surface area contributed by atoms with Crippen LogP contribution in [0.1, 0.15) is 33.9 Å². The molecule has 1 amide bonds. The molecule has 0 saturated heterocycles. The van der Waals surface area contributed by atoms with Crippen LogP contribution in [0, 0.1) is 6.92 Å². The number of carbonyl (C=O) groups excluding carboxylic acids is 2. The lowest BCUT2D eigenvalue weighted by Crippen LogP contribution is -2.25. The zero-order valence-corrected chi connectivity index (χ0v) is 17.4. The van der Waals surface area contributed by atoms with Crippen molar-refractivity contribution in [1.29, 1.82) is 0 Å². The van der Waals surface area contributed by atoms with E-state index in [1.54, 1.807) is 32.3 Å². The van der Waals surface area contributed by atoms with E-state index in [2.05, 4.69) is 5.32 Å². The molecular weight excluding hydrogens is 380 g/mol. The maximum Gasteiger partial charge on any atom is 0.414 e. The van der Waals surface area contributed by atoms with Gasteiger partial charge in [-0.1, -0.05) is 29.8 Å². The fourth-order valence-electron chi connectivity index (χ4n) is 2.56. The lowest BCUT2D eigenvalue weighted by molar-refractivity contribution is 0.0490. The number of hydrogen-bond acceptors (Lipinski definition) is 5. The molecule has 2 aromatic carbocycles. The first-order valence-electron chi connectivity index (χ1n) is 8.81. The van der Waals surface area contributed by atoms with Gasteiger partial charge in [0.1, 0.15) is 5.75 Å². The number of nitrogens with zero attached hydrogens (tertiary/aromatic N) is 1. The zero-order chi connectivity index (χ0) is 19.8. The number of nitrogens with one attached hydrogen (secondary N) is 1. The van der Waals surface area contributed by atoms with Crippen LogP contribution in [0.5, 0.6) is 5.75 Å². The van der Waals surface area contributed by atoms with Crippen molar-refractivity contribution >= 4 is 24.5 Å². The van der Waals surface area contributed by atoms with Crippen molar-refractivity contribution in [2.75, 3.05) is 27.7 Å². The molecule has 2 aromatic rings. The van der Waals surface area contributed by atoms with Gasteiger partial charge < -0.3 is 19.7 Å². The Labute approximate surface area is 172 Å². The highest BCUT2D eigenvalue weighted by atomic mass is 35.5. The molecule has 0 spiro atoms. The Morgan fingerprint density at radius 1 is 1.11 bits per heavy atom. The molecule has 0 aliphatic carbocycles. The Morgan fingerprint density at radius 3 is 2.36 bits per heavy atom. The molecule has 1 unspecified atom stereocenters. The van der Waals surface area contributed by atoms with Gasteiger partial charge in [-0.3, -0.25) is 0 Å². The fourth-order valence-corrected chi connectivity index (χ4v) is 2.56. The van der Waals surface area contributed by atoms with E-state index < -0.39 is 6.09 Å². The van der Waals surface area contributed by atoms with Gasteiger partial charge in [-0.25, -0.2) is 9.59 Å². The Kier molecular flexibility index (Phi) is 9.48. The van der Waals surface area contributed by atoms with Crippen molar-refractivity contribution in [3.05, 3.63) is 65.2 Å². The van der Waals surface area contributed by atoms with Crippen LogP contribution in [-0.2, 0) is 4.74 Å². The first kappa shape index (κ1) is 23.5. The van der Waals surface area contributed by atoms with Crippen LogP contribution in [0.15, 0.2) is 48.5 Å². The molecule has 0 bridgehead atoms. The third-order valence-corrected chi connectivity index (χ3v) is 4.09. The number of benzene rings is 2. The number of aryl methyl sites for hydroxylation is 1. The predicted octanol–water partition coefficient (Wildman–Crippen LogP) is 3.98. The summed E-state index contributed by atoms with van der Waals surface area (Å²) in [4.78, 5) is 25.1. The molecule has 7 heteroatoms. The van der Waals surface area contributed by atoms with Crippen molar-refractivity contribution in [1.82, 2.24) is 10.2 Å². The van der Waals surface area contributed by atoms with Crippen molar-refractivity contribution in [3.63, 3.8) is 0 Å². The fraction of sp³-hybridized carbons (Fsp3) is 0.333. The highest BCUT2D eigenvalue weighted by molar-refractivity contribution is 5.89. The first-order chi connectivity index (χ1) is 12.9. The lowest BCUT2D eigenvalue weighted by atomic mass is 10.0. The number of amides is 1. The number of esters is 1. The molecule has 0 aliphatic rings. The van der Waals surface area contributed by atoms with Gasteiger partial charge >= 0.3 is 12.1 Å². The standard InChI is InChI=1S/C21H26N2O4.ClH/c1-15-6-5-7-17(14-15)20(24)26-13-12-19(22-2)16-8-10-18(11-9-16)27-21(25)23(3)4;/h5-11,14,19,22H,12-13H2,1-4H3;1H. The maximum atomic E-state index is 12.1. The number of rotatable bonds is 7. The van der Waals surface area contributed by atoms with Crippen LogP contribution in [0.4, 0.5) is 4.79 Å². The van der Waals surface area contributed by atoms with E-state index in [1.165, 1.54) is 4.90 Å². The lowest BCUT2D eigenvalue weighted by Gasteiger charge is -2.17. The quantitative estimate of drug-likeness (QED) is 0.704. The summed E-state index contributed by atoms with van der Waals surface area (Å²) >= 11 is 0. The van der Waals surface area contributed by atoms with Gasteiger partial charge in [0.2, 0.25) is 0 Å². The SMILES string of the molecule is CNC(CCOC(=O)c1cccc(C)c1)c1ccc(OC(=O)N(C)C)cc1.Cl. The normalized spacial score (nSPS) is 11.1. The molecule has 0 aliphatic heterocycles.